The van der Waals surface area contributed by atoms with Gasteiger partial charge in [-0.05, 0) is 66.9 Å². The molecule has 0 aliphatic carbocycles. The van der Waals surface area contributed by atoms with Crippen molar-refractivity contribution in [2.24, 2.45) is 0 Å². The van der Waals surface area contributed by atoms with Crippen LogP contribution in [0.5, 0.6) is 0 Å². The Hall–Kier alpha value is -3.25. The van der Waals surface area contributed by atoms with Gasteiger partial charge in [-0.3, -0.25) is 14.8 Å². The summed E-state index contributed by atoms with van der Waals surface area (Å²) in [6.45, 7) is 2.86. The Balaban J connectivity index is 1.30. The molecule has 2 fully saturated rings. The van der Waals surface area contributed by atoms with Gasteiger partial charge in [-0.2, -0.15) is 4.31 Å². The molecule has 3 aromatic rings. The third-order valence-electron chi connectivity index (χ3n) is 7.22. The van der Waals surface area contributed by atoms with Crippen molar-refractivity contribution >= 4 is 50.0 Å². The van der Waals surface area contributed by atoms with Crippen LogP contribution in [0.1, 0.15) is 18.5 Å². The molecule has 3 heterocycles. The van der Waals surface area contributed by atoms with Crippen LogP contribution >= 0.6 is 11.6 Å². The maximum atomic E-state index is 13.5. The number of fused-ring (bicyclic) bond motifs is 1. The van der Waals surface area contributed by atoms with Crippen molar-refractivity contribution in [2.45, 2.75) is 36.7 Å². The van der Waals surface area contributed by atoms with Crippen LogP contribution in [-0.2, 0) is 24.3 Å². The fourth-order valence-corrected chi connectivity index (χ4v) is 6.71. The second kappa shape index (κ2) is 11.1. The molecule has 2 saturated heterocycles. The van der Waals surface area contributed by atoms with E-state index in [1.165, 1.54) is 18.2 Å². The lowest BCUT2D eigenvalue weighted by Crippen LogP contribution is -2.66. The second-order valence-corrected chi connectivity index (χ2v) is 12.2. The van der Waals surface area contributed by atoms with Crippen LogP contribution in [0, 0.1) is 6.92 Å². The van der Waals surface area contributed by atoms with Crippen molar-refractivity contribution in [3.05, 3.63) is 65.4 Å². The van der Waals surface area contributed by atoms with E-state index in [0.29, 0.717) is 10.4 Å². The number of carbonyl (C=O) groups is 2. The first-order valence-electron chi connectivity index (χ1n) is 12.7. The van der Waals surface area contributed by atoms with Gasteiger partial charge < -0.3 is 9.64 Å². The van der Waals surface area contributed by atoms with Gasteiger partial charge in [0.2, 0.25) is 10.0 Å². The smallest absolute Gasteiger partial charge is 0.331 e. The highest BCUT2D eigenvalue weighted by Crippen LogP contribution is 2.27. The van der Waals surface area contributed by atoms with Gasteiger partial charge in [-0.15, -0.1) is 0 Å². The number of anilines is 1. The number of aryl methyl sites for hydroxylation is 1. The van der Waals surface area contributed by atoms with Crippen LogP contribution in [0.4, 0.5) is 5.69 Å². The lowest BCUT2D eigenvalue weighted by Gasteiger charge is -2.42. The van der Waals surface area contributed by atoms with Crippen LogP contribution in [0.25, 0.3) is 10.8 Å². The SMILES string of the molecule is COC(=O)C1CN(S(=O)(=O)c2ccc3cc(Cl)ccc3c2)CC(=O)N1NC1CCN(c2ccnc(C)c2)CC1. The van der Waals surface area contributed by atoms with Crippen LogP contribution in [0.15, 0.2) is 59.6 Å². The number of nitrogens with one attached hydrogen (secondary N) is 1. The summed E-state index contributed by atoms with van der Waals surface area (Å²) in [6.07, 6.45) is 3.26. The highest BCUT2D eigenvalue weighted by Gasteiger charge is 2.43. The molecule has 2 aliphatic heterocycles. The quantitative estimate of drug-likeness (QED) is 0.450. The summed E-state index contributed by atoms with van der Waals surface area (Å²) in [5.41, 5.74) is 5.25. The Morgan fingerprint density at radius 1 is 1.08 bits per heavy atom. The first kappa shape index (κ1) is 27.3. The molecule has 12 heteroatoms. The van der Waals surface area contributed by atoms with Gasteiger partial charge in [0.1, 0.15) is 0 Å². The number of aromatic nitrogens is 1. The lowest BCUT2D eigenvalue weighted by molar-refractivity contribution is -0.160. The molecule has 1 aromatic heterocycles. The van der Waals surface area contributed by atoms with Gasteiger partial charge in [0.05, 0.1) is 18.6 Å². The highest BCUT2D eigenvalue weighted by atomic mass is 35.5. The van der Waals surface area contributed by atoms with Gasteiger partial charge in [-0.1, -0.05) is 23.7 Å². The summed E-state index contributed by atoms with van der Waals surface area (Å²) < 4.78 is 33.1. The number of pyridine rings is 1. The minimum Gasteiger partial charge on any atom is -0.467 e. The van der Waals surface area contributed by atoms with E-state index in [1.54, 1.807) is 36.5 Å². The number of piperazine rings is 1. The third-order valence-corrected chi connectivity index (χ3v) is 9.26. The summed E-state index contributed by atoms with van der Waals surface area (Å²) in [6, 6.07) is 12.7. The van der Waals surface area contributed by atoms with Crippen molar-refractivity contribution in [1.29, 1.82) is 0 Å². The monoisotopic (exact) mass is 571 g/mol. The molecular weight excluding hydrogens is 542 g/mol. The standard InChI is InChI=1S/C27H30ClN5O5S/c1-18-13-23(7-10-29-18)31-11-8-22(9-12-31)30-33-25(27(35)38-2)16-32(17-26(33)34)39(36,37)24-6-4-19-14-21(28)5-3-20(19)15-24/h3-7,10,13-15,22,25,30H,8-9,11-12,16-17H2,1-2H3. The number of hydrogen-bond acceptors (Lipinski definition) is 8. The number of carbonyl (C=O) groups excluding carboxylic acids is 2. The zero-order valence-corrected chi connectivity index (χ0v) is 23.3. The summed E-state index contributed by atoms with van der Waals surface area (Å²) in [7, 11) is -2.84. The van der Waals surface area contributed by atoms with E-state index in [1.807, 2.05) is 19.1 Å². The number of amides is 1. The van der Waals surface area contributed by atoms with Crippen molar-refractivity contribution in [2.75, 3.05) is 38.2 Å². The number of piperidine rings is 1. The van der Waals surface area contributed by atoms with Gasteiger partial charge in [0.25, 0.3) is 5.91 Å². The van der Waals surface area contributed by atoms with Gasteiger partial charge >= 0.3 is 5.97 Å². The zero-order chi connectivity index (χ0) is 27.7. The Morgan fingerprint density at radius 3 is 2.51 bits per heavy atom. The van der Waals surface area contributed by atoms with Crippen molar-refractivity contribution in [3.63, 3.8) is 0 Å². The molecule has 0 radical (unpaired) electrons. The summed E-state index contributed by atoms with van der Waals surface area (Å²) in [4.78, 5) is 32.6. The predicted molar refractivity (Wildman–Crippen MR) is 148 cm³/mol. The molecule has 206 valence electrons. The number of hydrogen-bond donors (Lipinski definition) is 1. The Bertz CT molecular complexity index is 1510. The van der Waals surface area contributed by atoms with Crippen molar-refractivity contribution in [3.8, 4) is 0 Å². The van der Waals surface area contributed by atoms with Crippen LogP contribution < -0.4 is 10.3 Å². The highest BCUT2D eigenvalue weighted by molar-refractivity contribution is 7.89. The largest absolute Gasteiger partial charge is 0.467 e. The van der Waals surface area contributed by atoms with Gasteiger partial charge in [-0.25, -0.2) is 18.6 Å². The number of esters is 1. The van der Waals surface area contributed by atoms with Gasteiger partial charge in [0, 0.05) is 48.3 Å². The molecule has 1 atom stereocenters. The van der Waals surface area contributed by atoms with E-state index in [9.17, 15) is 18.0 Å². The number of hydrazine groups is 1. The maximum absolute atomic E-state index is 13.5. The van der Waals surface area contributed by atoms with Crippen LogP contribution in [0.2, 0.25) is 5.02 Å². The molecule has 39 heavy (non-hydrogen) atoms. The normalized spacial score (nSPS) is 19.5. The van der Waals surface area contributed by atoms with E-state index in [4.69, 9.17) is 16.3 Å². The summed E-state index contributed by atoms with van der Waals surface area (Å²) in [5.74, 6) is -1.20. The van der Waals surface area contributed by atoms with E-state index in [2.05, 4.69) is 15.3 Å². The van der Waals surface area contributed by atoms with E-state index in [-0.39, 0.29) is 17.5 Å². The number of benzene rings is 2. The summed E-state index contributed by atoms with van der Waals surface area (Å²) >= 11 is 6.05. The minimum atomic E-state index is -4.06. The average molecular weight is 572 g/mol. The molecule has 1 amide bonds. The number of halogens is 1. The molecule has 0 saturated carbocycles. The van der Waals surface area contributed by atoms with Crippen LogP contribution in [0.3, 0.4) is 0 Å². The summed E-state index contributed by atoms with van der Waals surface area (Å²) in [5, 5.41) is 3.30. The fraction of sp³-hybridized carbons (Fsp3) is 0.370. The van der Waals surface area contributed by atoms with E-state index in [0.717, 1.165) is 47.0 Å². The Labute approximate surface area is 232 Å². The van der Waals surface area contributed by atoms with Crippen molar-refractivity contribution < 1.29 is 22.7 Å². The number of ether oxygens (including phenoxy) is 1. The molecule has 1 N–H and O–H groups in total. The molecule has 10 nitrogen and oxygen atoms in total. The Kier molecular flexibility index (Phi) is 7.77. The minimum absolute atomic E-state index is 0.0360. The number of rotatable bonds is 6. The predicted octanol–water partition coefficient (Wildman–Crippen LogP) is 2.74. The van der Waals surface area contributed by atoms with Crippen LogP contribution in [-0.4, -0.2) is 80.0 Å². The molecule has 0 bridgehead atoms. The molecule has 2 aliphatic rings. The topological polar surface area (TPSA) is 112 Å². The lowest BCUT2D eigenvalue weighted by atomic mass is 10.0. The molecule has 0 spiro atoms. The average Bonchev–Trinajstić information content (AvgIpc) is 2.93. The first-order valence-corrected chi connectivity index (χ1v) is 14.5. The first-order chi connectivity index (χ1) is 18.7. The molecule has 5 rings (SSSR count). The van der Waals surface area contributed by atoms with Gasteiger partial charge in [0.15, 0.2) is 6.04 Å². The number of nitrogens with zero attached hydrogens (tertiary/aromatic N) is 4. The number of sulfonamides is 1. The Morgan fingerprint density at radius 2 is 1.79 bits per heavy atom. The van der Waals surface area contributed by atoms with E-state index >= 15 is 0 Å². The molecular formula is C27H30ClN5O5S. The third kappa shape index (κ3) is 5.72. The zero-order valence-electron chi connectivity index (χ0n) is 21.7. The second-order valence-electron chi connectivity index (χ2n) is 9.80. The number of methoxy groups -OCH3 is 1. The van der Waals surface area contributed by atoms with E-state index < -0.39 is 34.5 Å². The van der Waals surface area contributed by atoms with Crippen molar-refractivity contribution in [1.82, 2.24) is 19.7 Å². The maximum Gasteiger partial charge on any atom is 0.331 e. The fourth-order valence-electron chi connectivity index (χ4n) is 5.10. The molecule has 2 aromatic carbocycles. The molecule has 1 unspecified atom stereocenters.